The fourth-order valence-electron chi connectivity index (χ4n) is 4.04. The standard InChI is InChI=1S/C19H29BOSi/c1-22(2,3)19(15-16-9-5-4-6-10-16)20-17-11-7-13-18(21-20)14-8-12-17/h4-6,9-10,15,17-18H,7-8,11-14H2,1-3H3/b19-15-. The molecule has 1 aromatic rings. The second-order valence-electron chi connectivity index (χ2n) is 8.06. The highest BCUT2D eigenvalue weighted by atomic mass is 28.3. The number of hydrogen-bond donors (Lipinski definition) is 0. The Balaban J connectivity index is 1.97. The molecule has 0 aliphatic carbocycles. The van der Waals surface area contributed by atoms with E-state index in [4.69, 9.17) is 4.65 Å². The Kier molecular flexibility index (Phi) is 4.94. The Morgan fingerprint density at radius 3 is 2.27 bits per heavy atom. The molecule has 1 nitrogen and oxygen atoms in total. The van der Waals surface area contributed by atoms with E-state index in [1.165, 1.54) is 44.1 Å². The van der Waals surface area contributed by atoms with Crippen LogP contribution < -0.4 is 0 Å². The van der Waals surface area contributed by atoms with Crippen LogP contribution >= 0.6 is 0 Å². The molecule has 0 unspecified atom stereocenters. The SMILES string of the molecule is C[Si](C)(C)/C(=C\c1ccccc1)B1OC2CCCC1CCC2. The van der Waals surface area contributed by atoms with Crippen LogP contribution in [0.2, 0.25) is 25.5 Å². The molecule has 0 saturated carbocycles. The average molecular weight is 312 g/mol. The van der Waals surface area contributed by atoms with Gasteiger partial charge in [0, 0.05) is 6.10 Å². The van der Waals surface area contributed by atoms with Crippen molar-refractivity contribution in [2.45, 2.75) is 70.1 Å². The van der Waals surface area contributed by atoms with Gasteiger partial charge in [0.15, 0.2) is 0 Å². The molecule has 2 heterocycles. The lowest BCUT2D eigenvalue weighted by molar-refractivity contribution is 0.190. The van der Waals surface area contributed by atoms with E-state index in [1.54, 1.807) is 5.10 Å². The van der Waals surface area contributed by atoms with Gasteiger partial charge >= 0.3 is 6.92 Å². The fourth-order valence-corrected chi connectivity index (χ4v) is 5.80. The minimum absolute atomic E-state index is 0.377. The highest BCUT2D eigenvalue weighted by Gasteiger charge is 2.41. The molecule has 0 atom stereocenters. The van der Waals surface area contributed by atoms with Crippen molar-refractivity contribution < 1.29 is 4.65 Å². The smallest absolute Gasteiger partial charge is 0.322 e. The van der Waals surface area contributed by atoms with Crippen LogP contribution in [0.5, 0.6) is 0 Å². The van der Waals surface area contributed by atoms with Crippen LogP contribution in [0.15, 0.2) is 35.4 Å². The second kappa shape index (κ2) is 6.76. The number of fused-ring (bicyclic) bond motifs is 3. The Labute approximate surface area is 137 Å². The van der Waals surface area contributed by atoms with Crippen LogP contribution in [-0.4, -0.2) is 21.1 Å². The molecule has 118 valence electrons. The third-order valence-electron chi connectivity index (χ3n) is 5.26. The van der Waals surface area contributed by atoms with E-state index >= 15 is 0 Å². The van der Waals surface area contributed by atoms with Crippen molar-refractivity contribution in [1.29, 1.82) is 0 Å². The molecule has 0 spiro atoms. The van der Waals surface area contributed by atoms with Gasteiger partial charge in [-0.25, -0.2) is 0 Å². The Bertz CT molecular complexity index is 510. The van der Waals surface area contributed by atoms with E-state index in [0.29, 0.717) is 13.0 Å². The quantitative estimate of drug-likeness (QED) is 0.660. The summed E-state index contributed by atoms with van der Waals surface area (Å²) in [5.74, 6) is 0.745. The zero-order valence-electron chi connectivity index (χ0n) is 14.3. The molecule has 2 fully saturated rings. The van der Waals surface area contributed by atoms with Crippen molar-refractivity contribution >= 4 is 21.1 Å². The molecule has 3 rings (SSSR count). The lowest BCUT2D eigenvalue weighted by Crippen LogP contribution is -2.40. The van der Waals surface area contributed by atoms with Gasteiger partial charge in [-0.2, -0.15) is 0 Å². The van der Waals surface area contributed by atoms with Gasteiger partial charge in [-0.3, -0.25) is 0 Å². The summed E-state index contributed by atoms with van der Waals surface area (Å²) in [7, 11) is -1.40. The number of benzene rings is 1. The zero-order chi connectivity index (χ0) is 15.6. The normalized spacial score (nSPS) is 26.7. The molecule has 2 aliphatic rings. The predicted molar refractivity (Wildman–Crippen MR) is 99.8 cm³/mol. The minimum Gasteiger partial charge on any atom is -0.429 e. The lowest BCUT2D eigenvalue weighted by atomic mass is 9.53. The average Bonchev–Trinajstić information content (AvgIpc) is 2.76. The third-order valence-corrected chi connectivity index (χ3v) is 7.42. The van der Waals surface area contributed by atoms with E-state index in [0.717, 1.165) is 5.82 Å². The van der Waals surface area contributed by atoms with Gasteiger partial charge in [0.05, 0.1) is 8.07 Å². The first-order chi connectivity index (χ1) is 10.5. The molecule has 3 heteroatoms. The summed E-state index contributed by atoms with van der Waals surface area (Å²) in [5.41, 5.74) is 1.34. The van der Waals surface area contributed by atoms with Gasteiger partial charge in [0.2, 0.25) is 0 Å². The number of rotatable bonds is 3. The third kappa shape index (κ3) is 3.75. The van der Waals surface area contributed by atoms with Gasteiger partial charge in [0.25, 0.3) is 0 Å². The van der Waals surface area contributed by atoms with Crippen molar-refractivity contribution in [3.8, 4) is 0 Å². The van der Waals surface area contributed by atoms with Crippen molar-refractivity contribution in [3.63, 3.8) is 0 Å². The molecule has 22 heavy (non-hydrogen) atoms. The fraction of sp³-hybridized carbons (Fsp3) is 0.579. The molecule has 2 bridgehead atoms. The van der Waals surface area contributed by atoms with Gasteiger partial charge in [0.1, 0.15) is 0 Å². The van der Waals surface area contributed by atoms with Crippen LogP contribution in [0.3, 0.4) is 0 Å². The van der Waals surface area contributed by atoms with Crippen molar-refractivity contribution in [3.05, 3.63) is 41.0 Å². The summed E-state index contributed by atoms with van der Waals surface area (Å²) >= 11 is 0. The van der Waals surface area contributed by atoms with E-state index < -0.39 is 8.07 Å². The van der Waals surface area contributed by atoms with Crippen LogP contribution in [-0.2, 0) is 4.65 Å². The maximum atomic E-state index is 6.66. The van der Waals surface area contributed by atoms with E-state index in [9.17, 15) is 0 Å². The summed E-state index contributed by atoms with van der Waals surface area (Å²) in [6.45, 7) is 7.79. The molecular formula is C19H29BOSi. The maximum absolute atomic E-state index is 6.66. The molecular weight excluding hydrogens is 283 g/mol. The lowest BCUT2D eigenvalue weighted by Gasteiger charge is -2.31. The van der Waals surface area contributed by atoms with E-state index in [-0.39, 0.29) is 0 Å². The first-order valence-corrected chi connectivity index (χ1v) is 12.5. The van der Waals surface area contributed by atoms with Crippen LogP contribution in [0.1, 0.15) is 44.1 Å². The van der Waals surface area contributed by atoms with Crippen LogP contribution in [0, 0.1) is 0 Å². The number of hydrogen-bond acceptors (Lipinski definition) is 1. The van der Waals surface area contributed by atoms with Crippen molar-refractivity contribution in [2.75, 3.05) is 0 Å². The summed E-state index contributed by atoms with van der Waals surface area (Å²) in [5, 5.41) is 1.62. The molecule has 1 aromatic carbocycles. The monoisotopic (exact) mass is 312 g/mol. The summed E-state index contributed by atoms with van der Waals surface area (Å²) in [6, 6.07) is 10.8. The van der Waals surface area contributed by atoms with E-state index in [1.807, 2.05) is 0 Å². The Morgan fingerprint density at radius 2 is 1.68 bits per heavy atom. The molecule has 2 aliphatic heterocycles. The Hall–Kier alpha value is -0.798. The summed E-state index contributed by atoms with van der Waals surface area (Å²) < 4.78 is 6.66. The van der Waals surface area contributed by atoms with E-state index in [2.05, 4.69) is 56.0 Å². The molecule has 0 amide bonds. The Morgan fingerprint density at radius 1 is 1.05 bits per heavy atom. The first-order valence-electron chi connectivity index (χ1n) is 8.96. The van der Waals surface area contributed by atoms with Gasteiger partial charge < -0.3 is 4.65 Å². The zero-order valence-corrected chi connectivity index (χ0v) is 15.3. The highest BCUT2D eigenvalue weighted by Crippen LogP contribution is 2.41. The van der Waals surface area contributed by atoms with Crippen LogP contribution in [0.4, 0.5) is 0 Å². The van der Waals surface area contributed by atoms with Gasteiger partial charge in [-0.15, -0.1) is 0 Å². The largest absolute Gasteiger partial charge is 0.429 e. The maximum Gasteiger partial charge on any atom is 0.322 e. The summed E-state index contributed by atoms with van der Waals surface area (Å²) in [4.78, 5) is 0. The molecule has 0 aromatic heterocycles. The van der Waals surface area contributed by atoms with Crippen molar-refractivity contribution in [2.24, 2.45) is 0 Å². The predicted octanol–water partition coefficient (Wildman–Crippen LogP) is 5.60. The molecule has 0 N–H and O–H groups in total. The second-order valence-corrected chi connectivity index (χ2v) is 13.1. The van der Waals surface area contributed by atoms with Crippen LogP contribution in [0.25, 0.3) is 6.08 Å². The summed E-state index contributed by atoms with van der Waals surface area (Å²) in [6.07, 6.45) is 10.9. The van der Waals surface area contributed by atoms with Gasteiger partial charge in [-0.05, 0) is 24.2 Å². The van der Waals surface area contributed by atoms with Crippen molar-refractivity contribution in [1.82, 2.24) is 0 Å². The first kappa shape index (κ1) is 16.1. The molecule has 2 saturated heterocycles. The topological polar surface area (TPSA) is 9.23 Å². The highest BCUT2D eigenvalue weighted by molar-refractivity contribution is 6.97. The van der Waals surface area contributed by atoms with Gasteiger partial charge in [-0.1, -0.05) is 86.8 Å². The minimum atomic E-state index is -1.40. The molecule has 0 radical (unpaired) electrons.